The Bertz CT molecular complexity index is 732. The number of rotatable bonds is 4. The van der Waals surface area contributed by atoms with Gasteiger partial charge in [0.2, 0.25) is 5.91 Å². The van der Waals surface area contributed by atoms with Crippen LogP contribution < -0.4 is 5.32 Å². The average molecular weight is 340 g/mol. The molecule has 1 aliphatic heterocycles. The third kappa shape index (κ3) is 4.30. The molecule has 2 rings (SSSR count). The molecule has 1 aliphatic rings. The van der Waals surface area contributed by atoms with Gasteiger partial charge in [-0.05, 0) is 63.4 Å². The van der Waals surface area contributed by atoms with Crippen molar-refractivity contribution in [2.24, 2.45) is 0 Å². The quantitative estimate of drug-likeness (QED) is 0.856. The van der Waals surface area contributed by atoms with Gasteiger partial charge in [-0.25, -0.2) is 0 Å². The largest absolute Gasteiger partial charge is 0.492 e. The molecule has 0 atom stereocenters. The summed E-state index contributed by atoms with van der Waals surface area (Å²) in [6.45, 7) is 11.7. The molecule has 0 radical (unpaired) electrons. The van der Waals surface area contributed by atoms with Gasteiger partial charge in [-0.1, -0.05) is 12.1 Å². The van der Waals surface area contributed by atoms with Gasteiger partial charge in [0.25, 0.3) is 0 Å². The second-order valence-corrected chi connectivity index (χ2v) is 7.40. The summed E-state index contributed by atoms with van der Waals surface area (Å²) in [5.74, 6) is -0.120. The van der Waals surface area contributed by atoms with Crippen LogP contribution >= 0.6 is 0 Å². The molecule has 25 heavy (non-hydrogen) atoms. The number of carbonyl (C=O) groups excluding carboxylic acids is 1. The highest BCUT2D eigenvalue weighted by Crippen LogP contribution is 2.38. The Morgan fingerprint density at radius 2 is 1.88 bits per heavy atom. The molecule has 0 aromatic heterocycles. The first-order chi connectivity index (χ1) is 11.6. The molecule has 1 amide bonds. The maximum atomic E-state index is 11.4. The number of nitrogens with zero attached hydrogens (tertiary/aromatic N) is 1. The van der Waals surface area contributed by atoms with E-state index < -0.39 is 18.3 Å². The van der Waals surface area contributed by atoms with E-state index in [0.29, 0.717) is 12.1 Å². The third-order valence-corrected chi connectivity index (χ3v) is 4.85. The summed E-state index contributed by atoms with van der Waals surface area (Å²) in [4.78, 5) is 11.4. The van der Waals surface area contributed by atoms with E-state index in [1.54, 1.807) is 6.07 Å². The molecule has 1 aromatic carbocycles. The van der Waals surface area contributed by atoms with E-state index in [1.165, 1.54) is 6.92 Å². The molecule has 0 saturated carbocycles. The first-order valence-corrected chi connectivity index (χ1v) is 8.37. The Morgan fingerprint density at radius 3 is 2.40 bits per heavy atom. The lowest BCUT2D eigenvalue weighted by molar-refractivity contribution is -0.118. The number of carbonyl (C=O) groups is 1. The lowest BCUT2D eigenvalue weighted by Gasteiger charge is -2.32. The Kier molecular flexibility index (Phi) is 5.41. The van der Waals surface area contributed by atoms with Crippen LogP contribution in [0.1, 0.15) is 51.3 Å². The van der Waals surface area contributed by atoms with Crippen LogP contribution in [0, 0.1) is 18.3 Å². The van der Waals surface area contributed by atoms with Crippen molar-refractivity contribution in [2.45, 2.75) is 52.7 Å². The minimum Gasteiger partial charge on any atom is -0.400 e. The molecular formula is C19H25BN2O3. The topological polar surface area (TPSA) is 71.4 Å². The fourth-order valence-corrected chi connectivity index (χ4v) is 2.49. The fraction of sp³-hybridized carbons (Fsp3) is 0.474. The number of nitriles is 1. The van der Waals surface area contributed by atoms with Crippen LogP contribution in [0.4, 0.5) is 0 Å². The van der Waals surface area contributed by atoms with E-state index in [1.807, 2.05) is 52.8 Å². The van der Waals surface area contributed by atoms with Crippen LogP contribution in [-0.4, -0.2) is 30.8 Å². The Balaban J connectivity index is 2.40. The normalized spacial score (nSPS) is 18.8. The lowest BCUT2D eigenvalue weighted by atomic mass is 9.76. The molecule has 132 valence electrons. The highest BCUT2D eigenvalue weighted by atomic mass is 16.7. The minimum atomic E-state index is -0.554. The molecule has 1 heterocycles. The van der Waals surface area contributed by atoms with Crippen molar-refractivity contribution in [3.63, 3.8) is 0 Å². The number of amides is 1. The maximum absolute atomic E-state index is 11.4. The minimum absolute atomic E-state index is 0.120. The van der Waals surface area contributed by atoms with Gasteiger partial charge in [0.1, 0.15) is 0 Å². The molecule has 0 unspecified atom stereocenters. The maximum Gasteiger partial charge on any atom is 0.492 e. The van der Waals surface area contributed by atoms with Crippen molar-refractivity contribution in [1.82, 2.24) is 5.32 Å². The van der Waals surface area contributed by atoms with Gasteiger partial charge in [0.15, 0.2) is 0 Å². The van der Waals surface area contributed by atoms with Gasteiger partial charge in [-0.2, -0.15) is 5.26 Å². The second kappa shape index (κ2) is 7.03. The molecule has 5 nitrogen and oxygen atoms in total. The standard InChI is InChI=1S/C19H25BN2O3/c1-13-7-8-15(11-21)9-16(13)10-17(12-22-14(2)23)20-24-18(3,4)19(5,6)25-20/h7-10H,12H2,1-6H3,(H,22,23). The first kappa shape index (κ1) is 19.2. The zero-order valence-electron chi connectivity index (χ0n) is 15.8. The number of hydrogen-bond donors (Lipinski definition) is 1. The Hall–Kier alpha value is -2.10. The SMILES string of the molecule is CC(=O)NCC(=Cc1cc(C#N)ccc1C)B1OC(C)(C)C(C)(C)O1. The Morgan fingerprint density at radius 1 is 1.28 bits per heavy atom. The third-order valence-electron chi connectivity index (χ3n) is 4.85. The van der Waals surface area contributed by atoms with Gasteiger partial charge in [0, 0.05) is 13.5 Å². The summed E-state index contributed by atoms with van der Waals surface area (Å²) in [7, 11) is -0.554. The van der Waals surface area contributed by atoms with Gasteiger partial charge in [-0.3, -0.25) is 4.79 Å². The molecular weight excluding hydrogens is 315 g/mol. The zero-order chi connectivity index (χ0) is 18.8. The summed E-state index contributed by atoms with van der Waals surface area (Å²) >= 11 is 0. The van der Waals surface area contributed by atoms with Crippen molar-refractivity contribution >= 4 is 19.1 Å². The molecule has 1 N–H and O–H groups in total. The molecule has 6 heteroatoms. The van der Waals surface area contributed by atoms with Gasteiger partial charge < -0.3 is 14.6 Å². The van der Waals surface area contributed by atoms with E-state index in [2.05, 4.69) is 11.4 Å². The second-order valence-electron chi connectivity index (χ2n) is 7.40. The predicted octanol–water partition coefficient (Wildman–Crippen LogP) is 3.02. The number of aryl methyl sites for hydroxylation is 1. The van der Waals surface area contributed by atoms with Crippen LogP contribution in [0.5, 0.6) is 0 Å². The van der Waals surface area contributed by atoms with E-state index in [4.69, 9.17) is 14.6 Å². The summed E-state index contributed by atoms with van der Waals surface area (Å²) in [6.07, 6.45) is 1.94. The molecule has 0 spiro atoms. The number of nitrogens with one attached hydrogen (secondary N) is 1. The van der Waals surface area contributed by atoms with Crippen molar-refractivity contribution in [2.75, 3.05) is 6.54 Å². The highest BCUT2D eigenvalue weighted by Gasteiger charge is 2.52. The van der Waals surface area contributed by atoms with Gasteiger partial charge in [0.05, 0.1) is 22.8 Å². The molecule has 0 bridgehead atoms. The summed E-state index contributed by atoms with van der Waals surface area (Å²) in [6, 6.07) is 7.67. The molecule has 1 saturated heterocycles. The van der Waals surface area contributed by atoms with E-state index >= 15 is 0 Å². The smallest absolute Gasteiger partial charge is 0.400 e. The van der Waals surface area contributed by atoms with E-state index in [0.717, 1.165) is 16.6 Å². The lowest BCUT2D eigenvalue weighted by Crippen LogP contribution is -2.41. The average Bonchev–Trinajstić information content (AvgIpc) is 2.73. The van der Waals surface area contributed by atoms with Crippen LogP contribution in [0.15, 0.2) is 23.7 Å². The first-order valence-electron chi connectivity index (χ1n) is 8.37. The predicted molar refractivity (Wildman–Crippen MR) is 98.6 cm³/mol. The van der Waals surface area contributed by atoms with Crippen LogP contribution in [-0.2, 0) is 14.1 Å². The van der Waals surface area contributed by atoms with Crippen LogP contribution in [0.2, 0.25) is 0 Å². The molecule has 1 fully saturated rings. The summed E-state index contributed by atoms with van der Waals surface area (Å²) in [5.41, 5.74) is 2.43. The van der Waals surface area contributed by atoms with Crippen molar-refractivity contribution < 1.29 is 14.1 Å². The fourth-order valence-electron chi connectivity index (χ4n) is 2.49. The number of benzene rings is 1. The molecule has 1 aromatic rings. The summed E-state index contributed by atoms with van der Waals surface area (Å²) in [5, 5.41) is 11.9. The zero-order valence-corrected chi connectivity index (χ0v) is 15.8. The highest BCUT2D eigenvalue weighted by molar-refractivity contribution is 6.56. The van der Waals surface area contributed by atoms with Crippen molar-refractivity contribution in [1.29, 1.82) is 5.26 Å². The van der Waals surface area contributed by atoms with Crippen LogP contribution in [0.25, 0.3) is 6.08 Å². The van der Waals surface area contributed by atoms with Gasteiger partial charge in [-0.15, -0.1) is 0 Å². The Labute approximate surface area is 150 Å². The summed E-state index contributed by atoms with van der Waals surface area (Å²) < 4.78 is 12.2. The van der Waals surface area contributed by atoms with E-state index in [-0.39, 0.29) is 5.91 Å². The van der Waals surface area contributed by atoms with Crippen molar-refractivity contribution in [3.05, 3.63) is 40.4 Å². The van der Waals surface area contributed by atoms with Gasteiger partial charge >= 0.3 is 7.12 Å². The van der Waals surface area contributed by atoms with Crippen molar-refractivity contribution in [3.8, 4) is 6.07 Å². The number of hydrogen-bond acceptors (Lipinski definition) is 4. The van der Waals surface area contributed by atoms with E-state index in [9.17, 15) is 4.79 Å². The van der Waals surface area contributed by atoms with Crippen LogP contribution in [0.3, 0.4) is 0 Å². The monoisotopic (exact) mass is 340 g/mol. The molecule has 0 aliphatic carbocycles.